The molecule has 1 aromatic heterocycles. The van der Waals surface area contributed by atoms with Gasteiger partial charge in [0.15, 0.2) is 0 Å². The predicted octanol–water partition coefficient (Wildman–Crippen LogP) is 4.68. The lowest BCUT2D eigenvalue weighted by atomic mass is 9.92. The molecule has 136 valence electrons. The van der Waals surface area contributed by atoms with E-state index in [2.05, 4.69) is 5.10 Å². The van der Waals surface area contributed by atoms with E-state index in [1.165, 1.54) is 17.0 Å². The molecule has 2 rings (SSSR count). The molecule has 0 N–H and O–H groups in total. The van der Waals surface area contributed by atoms with Gasteiger partial charge in [0.2, 0.25) is 0 Å². The molecule has 0 aliphatic rings. The van der Waals surface area contributed by atoms with Gasteiger partial charge >= 0.3 is 6.09 Å². The topological polar surface area (TPSA) is 47.4 Å². The second-order valence-corrected chi connectivity index (χ2v) is 8.07. The summed E-state index contributed by atoms with van der Waals surface area (Å²) in [6, 6.07) is 7.84. The van der Waals surface area contributed by atoms with Crippen LogP contribution in [0.1, 0.15) is 47.2 Å². The van der Waals surface area contributed by atoms with Crippen molar-refractivity contribution in [1.29, 1.82) is 0 Å². The highest BCUT2D eigenvalue weighted by Crippen LogP contribution is 2.28. The summed E-state index contributed by atoms with van der Waals surface area (Å²) in [6.45, 7) is 11.6. The van der Waals surface area contributed by atoms with Gasteiger partial charge in [0.05, 0.1) is 11.4 Å². The lowest BCUT2D eigenvalue weighted by Gasteiger charge is -2.24. The van der Waals surface area contributed by atoms with Crippen LogP contribution in [0.15, 0.2) is 30.3 Å². The molecule has 0 saturated carbocycles. The molecule has 0 atom stereocenters. The van der Waals surface area contributed by atoms with Crippen molar-refractivity contribution in [2.45, 2.75) is 52.6 Å². The van der Waals surface area contributed by atoms with Crippen molar-refractivity contribution in [3.63, 3.8) is 0 Å². The summed E-state index contributed by atoms with van der Waals surface area (Å²) in [5.74, 6) is 0.236. The first-order chi connectivity index (χ1) is 11.4. The zero-order valence-corrected chi connectivity index (χ0v) is 15.9. The van der Waals surface area contributed by atoms with Crippen molar-refractivity contribution in [3.8, 4) is 5.69 Å². The third-order valence-corrected chi connectivity index (χ3v) is 3.54. The molecule has 0 aliphatic heterocycles. The van der Waals surface area contributed by atoms with E-state index < -0.39 is 11.7 Å². The number of carbonyl (C=O) groups is 1. The fraction of sp³-hybridized carbons (Fsp3) is 0.474. The van der Waals surface area contributed by atoms with E-state index in [0.717, 1.165) is 5.69 Å². The lowest BCUT2D eigenvalue weighted by Crippen LogP contribution is -2.35. The van der Waals surface area contributed by atoms with E-state index in [-0.39, 0.29) is 11.2 Å². The van der Waals surface area contributed by atoms with Crippen LogP contribution < -0.4 is 4.90 Å². The van der Waals surface area contributed by atoms with Crippen molar-refractivity contribution in [2.24, 2.45) is 0 Å². The maximum absolute atomic E-state index is 13.3. The highest BCUT2D eigenvalue weighted by atomic mass is 19.1. The Kier molecular flexibility index (Phi) is 4.93. The van der Waals surface area contributed by atoms with Crippen LogP contribution in [0.2, 0.25) is 0 Å². The Labute approximate surface area is 148 Å². The number of carbonyl (C=O) groups excluding carboxylic acids is 1. The molecule has 5 nitrogen and oxygen atoms in total. The Morgan fingerprint density at radius 1 is 1.12 bits per heavy atom. The maximum atomic E-state index is 13.3. The van der Waals surface area contributed by atoms with Crippen LogP contribution in [-0.4, -0.2) is 28.5 Å². The van der Waals surface area contributed by atoms with E-state index >= 15 is 0 Å². The molecule has 1 heterocycles. The lowest BCUT2D eigenvalue weighted by molar-refractivity contribution is 0.0587. The first-order valence-electron chi connectivity index (χ1n) is 8.22. The Morgan fingerprint density at radius 2 is 1.68 bits per heavy atom. The molecule has 0 radical (unpaired) electrons. The van der Waals surface area contributed by atoms with E-state index in [1.807, 2.05) is 47.6 Å². The molecular formula is C19H26FN3O2. The van der Waals surface area contributed by atoms with Gasteiger partial charge in [0.1, 0.15) is 17.2 Å². The van der Waals surface area contributed by atoms with Gasteiger partial charge < -0.3 is 4.74 Å². The average Bonchev–Trinajstić information content (AvgIpc) is 2.90. The van der Waals surface area contributed by atoms with E-state index in [4.69, 9.17) is 4.74 Å². The maximum Gasteiger partial charge on any atom is 0.415 e. The average molecular weight is 347 g/mol. The molecule has 0 unspecified atom stereocenters. The molecule has 0 fully saturated rings. The highest BCUT2D eigenvalue weighted by molar-refractivity contribution is 5.86. The highest BCUT2D eigenvalue weighted by Gasteiger charge is 2.27. The number of hydrogen-bond donors (Lipinski definition) is 0. The first-order valence-corrected chi connectivity index (χ1v) is 8.22. The third-order valence-electron chi connectivity index (χ3n) is 3.54. The summed E-state index contributed by atoms with van der Waals surface area (Å²) >= 11 is 0. The van der Waals surface area contributed by atoms with Gasteiger partial charge in [-0.1, -0.05) is 20.8 Å². The predicted molar refractivity (Wildman–Crippen MR) is 96.9 cm³/mol. The Bertz CT molecular complexity index is 752. The largest absolute Gasteiger partial charge is 0.443 e. The molecule has 0 spiro atoms. The molecule has 6 heteroatoms. The molecular weight excluding hydrogens is 321 g/mol. The van der Waals surface area contributed by atoms with Crippen molar-refractivity contribution < 1.29 is 13.9 Å². The number of amides is 1. The molecule has 1 aromatic carbocycles. The van der Waals surface area contributed by atoms with Gasteiger partial charge in [-0.05, 0) is 45.0 Å². The summed E-state index contributed by atoms with van der Waals surface area (Å²) < 4.78 is 20.3. The van der Waals surface area contributed by atoms with Gasteiger partial charge in [0, 0.05) is 18.5 Å². The van der Waals surface area contributed by atoms with Gasteiger partial charge in [0.25, 0.3) is 0 Å². The number of hydrogen-bond acceptors (Lipinski definition) is 3. The second kappa shape index (κ2) is 6.50. The van der Waals surface area contributed by atoms with Crippen molar-refractivity contribution in [3.05, 3.63) is 41.8 Å². The summed E-state index contributed by atoms with van der Waals surface area (Å²) in [4.78, 5) is 13.9. The van der Waals surface area contributed by atoms with Crippen molar-refractivity contribution in [2.75, 3.05) is 11.9 Å². The van der Waals surface area contributed by atoms with Gasteiger partial charge in [-0.25, -0.2) is 13.9 Å². The minimum Gasteiger partial charge on any atom is -0.443 e. The van der Waals surface area contributed by atoms with E-state index in [1.54, 1.807) is 23.9 Å². The van der Waals surface area contributed by atoms with Crippen molar-refractivity contribution in [1.82, 2.24) is 9.78 Å². The summed E-state index contributed by atoms with van der Waals surface area (Å²) in [6.07, 6.45) is -0.476. The fourth-order valence-electron chi connectivity index (χ4n) is 2.17. The first kappa shape index (κ1) is 19.0. The van der Waals surface area contributed by atoms with Crippen LogP contribution in [0.25, 0.3) is 5.69 Å². The van der Waals surface area contributed by atoms with Crippen LogP contribution in [0, 0.1) is 5.82 Å². The Balaban J connectivity index is 2.50. The third kappa shape index (κ3) is 4.59. The van der Waals surface area contributed by atoms with Crippen LogP contribution in [0.3, 0.4) is 0 Å². The smallest absolute Gasteiger partial charge is 0.415 e. The molecule has 25 heavy (non-hydrogen) atoms. The zero-order valence-electron chi connectivity index (χ0n) is 15.9. The van der Waals surface area contributed by atoms with Crippen LogP contribution in [0.4, 0.5) is 15.0 Å². The minimum absolute atomic E-state index is 0.200. The molecule has 0 aliphatic carbocycles. The second-order valence-electron chi connectivity index (χ2n) is 8.07. The number of rotatable bonds is 2. The molecule has 1 amide bonds. The number of ether oxygens (including phenoxy) is 1. The van der Waals surface area contributed by atoms with Crippen LogP contribution >= 0.6 is 0 Å². The summed E-state index contributed by atoms with van der Waals surface area (Å²) in [5.41, 5.74) is 0.692. The monoisotopic (exact) mass is 347 g/mol. The molecule has 0 saturated heterocycles. The Hall–Kier alpha value is -2.37. The van der Waals surface area contributed by atoms with E-state index in [9.17, 15) is 9.18 Å². The standard InChI is InChI=1S/C19H26FN3O2/c1-18(2,3)15-12-16(22(7)17(24)25-19(4,5)6)23(21-15)14-10-8-13(20)9-11-14/h8-12H,1-7H3. The minimum atomic E-state index is -0.598. The van der Waals surface area contributed by atoms with Gasteiger partial charge in [-0.15, -0.1) is 0 Å². The number of nitrogens with zero attached hydrogens (tertiary/aromatic N) is 3. The quantitative estimate of drug-likeness (QED) is 0.792. The Morgan fingerprint density at radius 3 is 2.16 bits per heavy atom. The normalized spacial score (nSPS) is 12.2. The van der Waals surface area contributed by atoms with Crippen LogP contribution in [0.5, 0.6) is 0 Å². The van der Waals surface area contributed by atoms with Crippen LogP contribution in [-0.2, 0) is 10.2 Å². The number of halogens is 1. The molecule has 0 bridgehead atoms. The zero-order chi connectivity index (χ0) is 19.0. The summed E-state index contributed by atoms with van der Waals surface area (Å²) in [7, 11) is 1.64. The number of benzene rings is 1. The SMILES string of the molecule is CN(C(=O)OC(C)(C)C)c1cc(C(C)(C)C)nn1-c1ccc(F)cc1. The summed E-state index contributed by atoms with van der Waals surface area (Å²) in [5, 5.41) is 4.63. The fourth-order valence-corrected chi connectivity index (χ4v) is 2.17. The molecule has 2 aromatic rings. The van der Waals surface area contributed by atoms with Crippen molar-refractivity contribution >= 4 is 11.9 Å². The van der Waals surface area contributed by atoms with E-state index in [0.29, 0.717) is 11.5 Å². The van der Waals surface area contributed by atoms with Gasteiger partial charge in [-0.2, -0.15) is 5.10 Å². The number of aromatic nitrogens is 2. The van der Waals surface area contributed by atoms with Gasteiger partial charge in [-0.3, -0.25) is 4.90 Å². The number of anilines is 1.